The highest BCUT2D eigenvalue weighted by Crippen LogP contribution is 2.20. The van der Waals surface area contributed by atoms with E-state index in [9.17, 15) is 0 Å². The van der Waals surface area contributed by atoms with E-state index in [2.05, 4.69) is 10.1 Å². The average molecular weight is 185 g/mol. The standard InChI is InChI=1S/C7H5ClN2O2/c1-4-2-3-5(11-4)6-9-7(8)10-12-6/h2-3H,1H3. The van der Waals surface area contributed by atoms with Gasteiger partial charge in [-0.3, -0.25) is 0 Å². The minimum atomic E-state index is 0.0825. The second-order valence-electron chi connectivity index (χ2n) is 2.28. The molecule has 0 saturated carbocycles. The van der Waals surface area contributed by atoms with Crippen molar-refractivity contribution in [3.8, 4) is 11.7 Å². The second kappa shape index (κ2) is 2.64. The van der Waals surface area contributed by atoms with Gasteiger partial charge in [-0.15, -0.1) is 0 Å². The van der Waals surface area contributed by atoms with Crippen molar-refractivity contribution in [1.82, 2.24) is 10.1 Å². The smallest absolute Gasteiger partial charge is 0.294 e. The Morgan fingerprint density at radius 1 is 1.42 bits per heavy atom. The first-order chi connectivity index (χ1) is 5.75. The highest BCUT2D eigenvalue weighted by Gasteiger charge is 2.09. The van der Waals surface area contributed by atoms with Gasteiger partial charge in [-0.25, -0.2) is 0 Å². The van der Waals surface area contributed by atoms with Gasteiger partial charge in [0.25, 0.3) is 11.2 Å². The van der Waals surface area contributed by atoms with Crippen molar-refractivity contribution in [2.24, 2.45) is 0 Å². The van der Waals surface area contributed by atoms with E-state index in [0.717, 1.165) is 5.76 Å². The Morgan fingerprint density at radius 2 is 2.25 bits per heavy atom. The number of halogens is 1. The Hall–Kier alpha value is -1.29. The van der Waals surface area contributed by atoms with Gasteiger partial charge in [-0.05, 0) is 35.8 Å². The summed E-state index contributed by atoms with van der Waals surface area (Å²) in [6.07, 6.45) is 0. The third-order valence-corrected chi connectivity index (χ3v) is 1.51. The lowest BCUT2D eigenvalue weighted by Crippen LogP contribution is -1.70. The third-order valence-electron chi connectivity index (χ3n) is 1.35. The molecule has 2 aromatic heterocycles. The zero-order valence-electron chi connectivity index (χ0n) is 6.24. The van der Waals surface area contributed by atoms with Crippen LogP contribution in [-0.4, -0.2) is 10.1 Å². The molecule has 62 valence electrons. The molecular formula is C7H5ClN2O2. The van der Waals surface area contributed by atoms with Gasteiger partial charge < -0.3 is 8.94 Å². The van der Waals surface area contributed by atoms with Gasteiger partial charge in [0, 0.05) is 0 Å². The van der Waals surface area contributed by atoms with Crippen LogP contribution < -0.4 is 0 Å². The van der Waals surface area contributed by atoms with Gasteiger partial charge in [0.2, 0.25) is 0 Å². The second-order valence-corrected chi connectivity index (χ2v) is 2.62. The maximum absolute atomic E-state index is 5.46. The number of aryl methyl sites for hydroxylation is 1. The number of aromatic nitrogens is 2. The summed E-state index contributed by atoms with van der Waals surface area (Å²) in [5, 5.41) is 3.50. The molecule has 2 heterocycles. The van der Waals surface area contributed by atoms with Crippen molar-refractivity contribution in [2.45, 2.75) is 6.92 Å². The first-order valence-corrected chi connectivity index (χ1v) is 3.69. The molecule has 0 aliphatic carbocycles. The Bertz CT molecular complexity index is 355. The van der Waals surface area contributed by atoms with Crippen molar-refractivity contribution < 1.29 is 8.94 Å². The van der Waals surface area contributed by atoms with Crippen LogP contribution in [0.3, 0.4) is 0 Å². The lowest BCUT2D eigenvalue weighted by Gasteiger charge is -1.83. The van der Waals surface area contributed by atoms with Crippen LogP contribution in [0.5, 0.6) is 0 Å². The van der Waals surface area contributed by atoms with Crippen molar-refractivity contribution in [2.75, 3.05) is 0 Å². The molecular weight excluding hydrogens is 180 g/mol. The minimum absolute atomic E-state index is 0.0825. The van der Waals surface area contributed by atoms with Gasteiger partial charge in [0.1, 0.15) is 5.76 Å². The molecule has 0 aliphatic rings. The normalized spacial score (nSPS) is 10.5. The number of hydrogen-bond donors (Lipinski definition) is 0. The van der Waals surface area contributed by atoms with E-state index in [-0.39, 0.29) is 5.28 Å². The molecule has 0 N–H and O–H groups in total. The zero-order valence-corrected chi connectivity index (χ0v) is 7.00. The molecule has 0 radical (unpaired) electrons. The third kappa shape index (κ3) is 1.21. The summed E-state index contributed by atoms with van der Waals surface area (Å²) >= 11 is 5.46. The van der Waals surface area contributed by atoms with Crippen molar-refractivity contribution in [1.29, 1.82) is 0 Å². The van der Waals surface area contributed by atoms with Gasteiger partial charge in [-0.1, -0.05) is 0 Å². The number of nitrogens with zero attached hydrogens (tertiary/aromatic N) is 2. The SMILES string of the molecule is Cc1ccc(-c2nc(Cl)no2)o1. The van der Waals surface area contributed by atoms with Crippen LogP contribution in [0, 0.1) is 6.92 Å². The summed E-state index contributed by atoms with van der Waals surface area (Å²) in [5.74, 6) is 1.62. The van der Waals surface area contributed by atoms with Crippen molar-refractivity contribution in [3.63, 3.8) is 0 Å². The molecule has 0 bridgehead atoms. The van der Waals surface area contributed by atoms with Crippen LogP contribution in [0.4, 0.5) is 0 Å². The molecule has 0 amide bonds. The largest absolute Gasteiger partial charge is 0.456 e. The fourth-order valence-corrected chi connectivity index (χ4v) is 0.966. The Morgan fingerprint density at radius 3 is 2.75 bits per heavy atom. The number of hydrogen-bond acceptors (Lipinski definition) is 4. The Labute approximate surface area is 73.1 Å². The number of rotatable bonds is 1. The first kappa shape index (κ1) is 7.36. The number of furan rings is 1. The Balaban J connectivity index is 2.43. The molecule has 0 spiro atoms. The van der Waals surface area contributed by atoms with Crippen LogP contribution >= 0.6 is 11.6 Å². The van der Waals surface area contributed by atoms with E-state index in [1.54, 1.807) is 6.07 Å². The van der Waals surface area contributed by atoms with E-state index in [1.165, 1.54) is 0 Å². The fourth-order valence-electron chi connectivity index (χ4n) is 0.855. The van der Waals surface area contributed by atoms with E-state index < -0.39 is 0 Å². The molecule has 0 aromatic carbocycles. The highest BCUT2D eigenvalue weighted by molar-refractivity contribution is 6.28. The molecule has 4 nitrogen and oxygen atoms in total. The van der Waals surface area contributed by atoms with Crippen molar-refractivity contribution >= 4 is 11.6 Å². The van der Waals surface area contributed by atoms with E-state index >= 15 is 0 Å². The van der Waals surface area contributed by atoms with Gasteiger partial charge >= 0.3 is 0 Å². The van der Waals surface area contributed by atoms with Crippen LogP contribution in [0.1, 0.15) is 5.76 Å². The predicted octanol–water partition coefficient (Wildman–Crippen LogP) is 2.29. The molecule has 0 atom stereocenters. The van der Waals surface area contributed by atoms with Gasteiger partial charge in [0.05, 0.1) is 0 Å². The lowest BCUT2D eigenvalue weighted by atomic mass is 10.4. The molecule has 0 unspecified atom stereocenters. The summed E-state index contributed by atoms with van der Waals surface area (Å²) in [5.41, 5.74) is 0. The lowest BCUT2D eigenvalue weighted by molar-refractivity contribution is 0.412. The molecule has 2 aromatic rings. The van der Waals surface area contributed by atoms with Crippen LogP contribution in [0.2, 0.25) is 5.28 Å². The maximum Gasteiger partial charge on any atom is 0.294 e. The predicted molar refractivity (Wildman–Crippen MR) is 41.7 cm³/mol. The van der Waals surface area contributed by atoms with Crippen LogP contribution in [-0.2, 0) is 0 Å². The van der Waals surface area contributed by atoms with Crippen LogP contribution in [0.15, 0.2) is 21.1 Å². The molecule has 5 heteroatoms. The molecule has 0 aliphatic heterocycles. The molecule has 0 fully saturated rings. The summed E-state index contributed by atoms with van der Waals surface area (Å²) in [6, 6.07) is 3.56. The minimum Gasteiger partial charge on any atom is -0.456 e. The fraction of sp³-hybridized carbons (Fsp3) is 0.143. The highest BCUT2D eigenvalue weighted by atomic mass is 35.5. The Kier molecular flexibility index (Phi) is 1.62. The summed E-state index contributed by atoms with van der Waals surface area (Å²) in [6.45, 7) is 1.83. The molecule has 2 rings (SSSR count). The summed E-state index contributed by atoms with van der Waals surface area (Å²) in [7, 11) is 0. The van der Waals surface area contributed by atoms with Crippen LogP contribution in [0.25, 0.3) is 11.7 Å². The maximum atomic E-state index is 5.46. The van der Waals surface area contributed by atoms with E-state index in [4.69, 9.17) is 20.5 Å². The van der Waals surface area contributed by atoms with Gasteiger partial charge in [0.15, 0.2) is 5.76 Å². The monoisotopic (exact) mass is 184 g/mol. The zero-order chi connectivity index (χ0) is 8.55. The topological polar surface area (TPSA) is 52.1 Å². The molecule has 0 saturated heterocycles. The summed E-state index contributed by atoms with van der Waals surface area (Å²) in [4.78, 5) is 3.79. The van der Waals surface area contributed by atoms with E-state index in [0.29, 0.717) is 11.7 Å². The molecule has 12 heavy (non-hydrogen) atoms. The van der Waals surface area contributed by atoms with Crippen molar-refractivity contribution in [3.05, 3.63) is 23.2 Å². The average Bonchev–Trinajstić information content (AvgIpc) is 2.58. The van der Waals surface area contributed by atoms with Gasteiger partial charge in [-0.2, -0.15) is 4.98 Å². The van der Waals surface area contributed by atoms with E-state index in [1.807, 2.05) is 13.0 Å². The first-order valence-electron chi connectivity index (χ1n) is 3.32. The quantitative estimate of drug-likeness (QED) is 0.682. The summed E-state index contributed by atoms with van der Waals surface area (Å²) < 4.78 is 10.0.